The Bertz CT molecular complexity index is 690. The van der Waals surface area contributed by atoms with Gasteiger partial charge in [0.15, 0.2) is 0 Å². The molecular weight excluding hydrogens is 352 g/mol. The number of thiocarbonyl (C=S) groups is 1. The first-order chi connectivity index (χ1) is 12.1. The van der Waals surface area contributed by atoms with Crippen molar-refractivity contribution in [1.29, 1.82) is 0 Å². The third-order valence-corrected chi connectivity index (χ3v) is 6.84. The van der Waals surface area contributed by atoms with Gasteiger partial charge in [-0.05, 0) is 29.9 Å². The van der Waals surface area contributed by atoms with Crippen LogP contribution in [0.15, 0.2) is 24.3 Å². The van der Waals surface area contributed by atoms with Crippen molar-refractivity contribution < 1.29 is 9.59 Å². The zero-order valence-corrected chi connectivity index (χ0v) is 15.7. The Morgan fingerprint density at radius 1 is 1.24 bits per heavy atom. The third kappa shape index (κ3) is 3.39. The van der Waals surface area contributed by atoms with Gasteiger partial charge >= 0.3 is 0 Å². The lowest BCUT2D eigenvalue weighted by molar-refractivity contribution is -0.135. The molecule has 4 nitrogen and oxygen atoms in total. The van der Waals surface area contributed by atoms with Crippen LogP contribution < -0.4 is 5.32 Å². The molecule has 1 aromatic carbocycles. The Balaban J connectivity index is 1.43. The molecule has 0 radical (unpaired) electrons. The SMILES string of the molecule is O=C(CC1Cc2ccccc2C1)C1C(=S)CN[C@@H]1C(=O)N1CCSC1. The smallest absolute Gasteiger partial charge is 0.241 e. The number of amides is 1. The van der Waals surface area contributed by atoms with Crippen molar-refractivity contribution in [3.8, 4) is 0 Å². The molecule has 132 valence electrons. The van der Waals surface area contributed by atoms with Crippen LogP contribution >= 0.6 is 24.0 Å². The van der Waals surface area contributed by atoms with Crippen LogP contribution in [0.2, 0.25) is 0 Å². The second-order valence-electron chi connectivity index (χ2n) is 7.16. The average molecular weight is 375 g/mol. The van der Waals surface area contributed by atoms with Crippen LogP contribution in [0.3, 0.4) is 0 Å². The van der Waals surface area contributed by atoms with Crippen molar-refractivity contribution in [2.75, 3.05) is 24.7 Å². The number of ketones is 1. The van der Waals surface area contributed by atoms with E-state index in [0.29, 0.717) is 23.7 Å². The lowest BCUT2D eigenvalue weighted by atomic mass is 9.87. The molecule has 2 atom stereocenters. The molecule has 2 saturated heterocycles. The van der Waals surface area contributed by atoms with Crippen molar-refractivity contribution in [3.05, 3.63) is 35.4 Å². The highest BCUT2D eigenvalue weighted by molar-refractivity contribution is 7.99. The first-order valence-corrected chi connectivity index (χ1v) is 10.4. The number of rotatable bonds is 4. The minimum Gasteiger partial charge on any atom is -0.331 e. The Kier molecular flexibility index (Phi) is 4.93. The molecular formula is C19H22N2O2S2. The van der Waals surface area contributed by atoms with E-state index in [9.17, 15) is 9.59 Å². The highest BCUT2D eigenvalue weighted by Gasteiger charge is 2.43. The zero-order chi connectivity index (χ0) is 17.4. The number of nitrogens with zero attached hydrogens (tertiary/aromatic N) is 1. The summed E-state index contributed by atoms with van der Waals surface area (Å²) in [6.07, 6.45) is 2.42. The fourth-order valence-corrected chi connectivity index (χ4v) is 5.52. The zero-order valence-electron chi connectivity index (χ0n) is 14.1. The van der Waals surface area contributed by atoms with Crippen molar-refractivity contribution in [3.63, 3.8) is 0 Å². The molecule has 3 aliphatic rings. The molecule has 1 unspecified atom stereocenters. The van der Waals surface area contributed by atoms with Gasteiger partial charge in [-0.25, -0.2) is 0 Å². The molecule has 1 aliphatic carbocycles. The average Bonchev–Trinajstić information content (AvgIpc) is 3.32. The van der Waals surface area contributed by atoms with E-state index in [1.165, 1.54) is 11.1 Å². The Morgan fingerprint density at radius 3 is 2.60 bits per heavy atom. The van der Waals surface area contributed by atoms with Gasteiger partial charge in [0, 0.05) is 30.1 Å². The fraction of sp³-hybridized carbons (Fsp3) is 0.526. The molecule has 0 saturated carbocycles. The number of carbonyl (C=O) groups excluding carboxylic acids is 2. The summed E-state index contributed by atoms with van der Waals surface area (Å²) in [5, 5.41) is 3.19. The second-order valence-corrected chi connectivity index (χ2v) is 8.75. The highest BCUT2D eigenvalue weighted by Crippen LogP contribution is 2.31. The maximum absolute atomic E-state index is 13.0. The predicted octanol–water partition coefficient (Wildman–Crippen LogP) is 1.85. The van der Waals surface area contributed by atoms with Crippen molar-refractivity contribution in [1.82, 2.24) is 10.2 Å². The van der Waals surface area contributed by atoms with E-state index < -0.39 is 12.0 Å². The van der Waals surface area contributed by atoms with E-state index in [-0.39, 0.29) is 11.7 Å². The summed E-state index contributed by atoms with van der Waals surface area (Å²) in [7, 11) is 0. The number of hydrogen-bond acceptors (Lipinski definition) is 5. The van der Waals surface area contributed by atoms with E-state index in [2.05, 4.69) is 29.6 Å². The molecule has 2 fully saturated rings. The summed E-state index contributed by atoms with van der Waals surface area (Å²) in [5.74, 6) is 1.78. The van der Waals surface area contributed by atoms with E-state index in [0.717, 1.165) is 31.0 Å². The first kappa shape index (κ1) is 17.2. The lowest BCUT2D eigenvalue weighted by Gasteiger charge is -2.24. The quantitative estimate of drug-likeness (QED) is 0.815. The van der Waals surface area contributed by atoms with Gasteiger partial charge < -0.3 is 10.2 Å². The first-order valence-electron chi connectivity index (χ1n) is 8.85. The molecule has 0 spiro atoms. The van der Waals surface area contributed by atoms with Gasteiger partial charge in [-0.2, -0.15) is 0 Å². The second kappa shape index (κ2) is 7.17. The van der Waals surface area contributed by atoms with Gasteiger partial charge in [-0.1, -0.05) is 36.5 Å². The molecule has 6 heteroatoms. The molecule has 1 N–H and O–H groups in total. The molecule has 2 heterocycles. The van der Waals surface area contributed by atoms with Crippen LogP contribution in [-0.2, 0) is 22.4 Å². The summed E-state index contributed by atoms with van der Waals surface area (Å²) in [5.41, 5.74) is 2.71. The van der Waals surface area contributed by atoms with Crippen molar-refractivity contribution in [2.45, 2.75) is 25.3 Å². The van der Waals surface area contributed by atoms with E-state index in [4.69, 9.17) is 12.2 Å². The number of Topliss-reactive ketones (excluding diaryl/α,β-unsaturated/α-hetero) is 1. The molecule has 1 aromatic rings. The largest absolute Gasteiger partial charge is 0.331 e. The standard InChI is InChI=1S/C19H22N2O2S2/c22-15(9-12-7-13-3-1-2-4-14(13)8-12)17-16(24)10-20-18(17)19(23)21-5-6-25-11-21/h1-4,12,17-18,20H,5-11H2/t17?,18-/m0/s1. The number of thioether (sulfide) groups is 1. The molecule has 0 aromatic heterocycles. The predicted molar refractivity (Wildman–Crippen MR) is 104 cm³/mol. The Morgan fingerprint density at radius 2 is 1.96 bits per heavy atom. The summed E-state index contributed by atoms with van der Waals surface area (Å²) in [4.78, 5) is 28.3. The number of benzene rings is 1. The van der Waals surface area contributed by atoms with Crippen LogP contribution in [0.4, 0.5) is 0 Å². The van der Waals surface area contributed by atoms with Gasteiger partial charge in [0.05, 0.1) is 11.8 Å². The molecule has 1 amide bonds. The maximum Gasteiger partial charge on any atom is 0.241 e. The van der Waals surface area contributed by atoms with E-state index >= 15 is 0 Å². The van der Waals surface area contributed by atoms with Crippen molar-refractivity contribution in [2.24, 2.45) is 11.8 Å². The molecule has 0 bridgehead atoms. The topological polar surface area (TPSA) is 49.4 Å². The summed E-state index contributed by atoms with van der Waals surface area (Å²) in [6.45, 7) is 1.27. The third-order valence-electron chi connectivity index (χ3n) is 5.48. The van der Waals surface area contributed by atoms with E-state index in [1.54, 1.807) is 11.8 Å². The minimum atomic E-state index is -0.456. The summed E-state index contributed by atoms with van der Waals surface area (Å²) >= 11 is 7.20. The monoisotopic (exact) mass is 374 g/mol. The molecule has 2 aliphatic heterocycles. The van der Waals surface area contributed by atoms with Crippen LogP contribution in [0.1, 0.15) is 17.5 Å². The van der Waals surface area contributed by atoms with Gasteiger partial charge in [0.1, 0.15) is 11.8 Å². The van der Waals surface area contributed by atoms with Gasteiger partial charge in [-0.15, -0.1) is 11.8 Å². The van der Waals surface area contributed by atoms with Gasteiger partial charge in [-0.3, -0.25) is 9.59 Å². The lowest BCUT2D eigenvalue weighted by Crippen LogP contribution is -2.47. The summed E-state index contributed by atoms with van der Waals surface area (Å²) in [6, 6.07) is 7.96. The van der Waals surface area contributed by atoms with Crippen LogP contribution in [0, 0.1) is 11.8 Å². The van der Waals surface area contributed by atoms with E-state index in [1.807, 2.05) is 4.90 Å². The van der Waals surface area contributed by atoms with Crippen LogP contribution in [0.5, 0.6) is 0 Å². The van der Waals surface area contributed by atoms with Crippen LogP contribution in [0.25, 0.3) is 0 Å². The number of fused-ring (bicyclic) bond motifs is 1. The fourth-order valence-electron chi connectivity index (χ4n) is 4.21. The van der Waals surface area contributed by atoms with Gasteiger partial charge in [0.25, 0.3) is 0 Å². The highest BCUT2D eigenvalue weighted by atomic mass is 32.2. The summed E-state index contributed by atoms with van der Waals surface area (Å²) < 4.78 is 0. The Labute approximate surface area is 157 Å². The molecule has 25 heavy (non-hydrogen) atoms. The normalized spacial score (nSPS) is 26.2. The number of carbonyl (C=O) groups is 2. The van der Waals surface area contributed by atoms with Gasteiger partial charge in [0.2, 0.25) is 5.91 Å². The van der Waals surface area contributed by atoms with Crippen molar-refractivity contribution >= 4 is 40.5 Å². The number of hydrogen-bond donors (Lipinski definition) is 1. The minimum absolute atomic E-state index is 0.0397. The maximum atomic E-state index is 13.0. The molecule has 4 rings (SSSR count). The van der Waals surface area contributed by atoms with Crippen LogP contribution in [-0.4, -0.2) is 52.2 Å². The Hall–Kier alpha value is -1.24. The number of nitrogens with one attached hydrogen (secondary N) is 1.